The summed E-state index contributed by atoms with van der Waals surface area (Å²) < 4.78 is 1.71. The van der Waals surface area contributed by atoms with Gasteiger partial charge >= 0.3 is 0 Å². The molecule has 1 amide bonds. The summed E-state index contributed by atoms with van der Waals surface area (Å²) >= 11 is 0. The minimum absolute atomic E-state index is 0.0642. The predicted octanol–water partition coefficient (Wildman–Crippen LogP) is 2.01. The molecule has 0 radical (unpaired) electrons. The van der Waals surface area contributed by atoms with Crippen molar-refractivity contribution in [2.45, 2.75) is 26.8 Å². The third-order valence-corrected chi connectivity index (χ3v) is 3.15. The van der Waals surface area contributed by atoms with Crippen LogP contribution in [0.25, 0.3) is 11.0 Å². The van der Waals surface area contributed by atoms with Gasteiger partial charge in [-0.05, 0) is 24.5 Å². The highest BCUT2D eigenvalue weighted by Crippen LogP contribution is 2.17. The van der Waals surface area contributed by atoms with Crippen molar-refractivity contribution in [3.05, 3.63) is 30.1 Å². The van der Waals surface area contributed by atoms with Gasteiger partial charge in [0.05, 0.1) is 0 Å². The maximum absolute atomic E-state index is 11.9. The van der Waals surface area contributed by atoms with Gasteiger partial charge in [-0.25, -0.2) is 4.98 Å². The largest absolute Gasteiger partial charge is 0.355 e. The molecule has 0 saturated carbocycles. The molecule has 2 aromatic heterocycles. The van der Waals surface area contributed by atoms with E-state index in [0.29, 0.717) is 23.7 Å². The first-order chi connectivity index (χ1) is 9.61. The van der Waals surface area contributed by atoms with Crippen LogP contribution in [0, 0.1) is 5.92 Å². The Kier molecular flexibility index (Phi) is 4.50. The van der Waals surface area contributed by atoms with Crippen LogP contribution in [0.1, 0.15) is 30.6 Å². The number of amides is 1. The summed E-state index contributed by atoms with van der Waals surface area (Å²) in [5.41, 5.74) is 1.22. The zero-order valence-corrected chi connectivity index (χ0v) is 11.8. The van der Waals surface area contributed by atoms with Gasteiger partial charge in [0, 0.05) is 29.9 Å². The van der Waals surface area contributed by atoms with Gasteiger partial charge in [0.15, 0.2) is 6.29 Å². The normalized spacial score (nSPS) is 10.9. The molecule has 2 rings (SSSR count). The monoisotopic (exact) mass is 273 g/mol. The van der Waals surface area contributed by atoms with Crippen LogP contribution >= 0.6 is 0 Å². The standard InChI is InChI=1S/C15H19N3O2/c1-11(2)5-7-16-14(20)9-18-8-12(10-19)13-4-3-6-17-15(13)18/h3-4,6,8,10-11H,5,7,9H2,1-2H3,(H,16,20). The Morgan fingerprint density at radius 3 is 3.00 bits per heavy atom. The fourth-order valence-corrected chi connectivity index (χ4v) is 2.08. The predicted molar refractivity (Wildman–Crippen MR) is 77.6 cm³/mol. The molecule has 0 unspecified atom stereocenters. The average Bonchev–Trinajstić information content (AvgIpc) is 2.77. The smallest absolute Gasteiger partial charge is 0.239 e. The Bertz CT molecular complexity index is 617. The number of hydrogen-bond acceptors (Lipinski definition) is 3. The van der Waals surface area contributed by atoms with Crippen LogP contribution in [-0.4, -0.2) is 28.3 Å². The molecule has 106 valence electrons. The number of fused-ring (bicyclic) bond motifs is 1. The van der Waals surface area contributed by atoms with Gasteiger partial charge in [0.25, 0.3) is 0 Å². The Morgan fingerprint density at radius 1 is 1.50 bits per heavy atom. The highest BCUT2D eigenvalue weighted by Gasteiger charge is 2.11. The zero-order chi connectivity index (χ0) is 14.5. The van der Waals surface area contributed by atoms with Crippen molar-refractivity contribution in [1.82, 2.24) is 14.9 Å². The molecular formula is C15H19N3O2. The minimum atomic E-state index is -0.0642. The maximum Gasteiger partial charge on any atom is 0.239 e. The highest BCUT2D eigenvalue weighted by molar-refractivity contribution is 5.96. The van der Waals surface area contributed by atoms with Crippen molar-refractivity contribution in [3.63, 3.8) is 0 Å². The lowest BCUT2D eigenvalue weighted by Crippen LogP contribution is -2.28. The molecule has 0 bridgehead atoms. The van der Waals surface area contributed by atoms with Crippen molar-refractivity contribution in [1.29, 1.82) is 0 Å². The topological polar surface area (TPSA) is 64.0 Å². The second-order valence-corrected chi connectivity index (χ2v) is 5.24. The SMILES string of the molecule is CC(C)CCNC(=O)Cn1cc(C=O)c2cccnc21. The summed E-state index contributed by atoms with van der Waals surface area (Å²) in [6, 6.07) is 3.61. The van der Waals surface area contributed by atoms with Crippen LogP contribution in [0.15, 0.2) is 24.5 Å². The van der Waals surface area contributed by atoms with Crippen molar-refractivity contribution in [2.24, 2.45) is 5.92 Å². The van der Waals surface area contributed by atoms with Gasteiger partial charge in [-0.15, -0.1) is 0 Å². The van der Waals surface area contributed by atoms with Crippen molar-refractivity contribution in [2.75, 3.05) is 6.54 Å². The number of aromatic nitrogens is 2. The van der Waals surface area contributed by atoms with E-state index >= 15 is 0 Å². The lowest BCUT2D eigenvalue weighted by molar-refractivity contribution is -0.121. The quantitative estimate of drug-likeness (QED) is 0.819. The molecule has 0 aliphatic heterocycles. The fourth-order valence-electron chi connectivity index (χ4n) is 2.08. The second-order valence-electron chi connectivity index (χ2n) is 5.24. The summed E-state index contributed by atoms with van der Waals surface area (Å²) in [7, 11) is 0. The number of pyridine rings is 1. The number of aldehydes is 1. The first-order valence-electron chi connectivity index (χ1n) is 6.77. The van der Waals surface area contributed by atoms with E-state index < -0.39 is 0 Å². The van der Waals surface area contributed by atoms with Crippen LogP contribution in [-0.2, 0) is 11.3 Å². The molecule has 5 heteroatoms. The number of carbonyl (C=O) groups is 2. The molecular weight excluding hydrogens is 254 g/mol. The molecule has 0 aliphatic rings. The van der Waals surface area contributed by atoms with Gasteiger partial charge in [-0.1, -0.05) is 13.8 Å². The molecule has 2 heterocycles. The van der Waals surface area contributed by atoms with Crippen LogP contribution in [0.3, 0.4) is 0 Å². The van der Waals surface area contributed by atoms with Crippen molar-refractivity contribution >= 4 is 23.2 Å². The van der Waals surface area contributed by atoms with E-state index in [2.05, 4.69) is 24.1 Å². The Morgan fingerprint density at radius 2 is 2.30 bits per heavy atom. The molecule has 0 spiro atoms. The van der Waals surface area contributed by atoms with Crippen LogP contribution in [0.4, 0.5) is 0 Å². The summed E-state index contributed by atoms with van der Waals surface area (Å²) in [4.78, 5) is 27.1. The van der Waals surface area contributed by atoms with Crippen LogP contribution in [0.5, 0.6) is 0 Å². The summed E-state index contributed by atoms with van der Waals surface area (Å²) in [5.74, 6) is 0.497. The molecule has 0 atom stereocenters. The van der Waals surface area contributed by atoms with E-state index in [-0.39, 0.29) is 12.5 Å². The summed E-state index contributed by atoms with van der Waals surface area (Å²) in [6.07, 6.45) is 5.07. The number of nitrogens with zero attached hydrogens (tertiary/aromatic N) is 2. The molecule has 0 aromatic carbocycles. The van der Waals surface area contributed by atoms with E-state index in [4.69, 9.17) is 0 Å². The Hall–Kier alpha value is -2.17. The highest BCUT2D eigenvalue weighted by atomic mass is 16.2. The molecule has 0 fully saturated rings. The molecule has 2 aromatic rings. The van der Waals surface area contributed by atoms with E-state index in [1.54, 1.807) is 23.0 Å². The Balaban J connectivity index is 2.09. The van der Waals surface area contributed by atoms with Gasteiger partial charge < -0.3 is 9.88 Å². The number of rotatable bonds is 6. The van der Waals surface area contributed by atoms with E-state index in [1.807, 2.05) is 6.07 Å². The second kappa shape index (κ2) is 6.32. The third-order valence-electron chi connectivity index (χ3n) is 3.15. The number of carbonyl (C=O) groups excluding carboxylic acids is 2. The number of nitrogens with one attached hydrogen (secondary N) is 1. The molecule has 5 nitrogen and oxygen atoms in total. The van der Waals surface area contributed by atoms with E-state index in [0.717, 1.165) is 18.1 Å². The van der Waals surface area contributed by atoms with Gasteiger partial charge in [0.2, 0.25) is 5.91 Å². The van der Waals surface area contributed by atoms with Crippen LogP contribution < -0.4 is 5.32 Å². The zero-order valence-electron chi connectivity index (χ0n) is 11.8. The van der Waals surface area contributed by atoms with E-state index in [1.165, 1.54) is 0 Å². The van der Waals surface area contributed by atoms with Crippen LogP contribution in [0.2, 0.25) is 0 Å². The molecule has 20 heavy (non-hydrogen) atoms. The lowest BCUT2D eigenvalue weighted by atomic mass is 10.1. The lowest BCUT2D eigenvalue weighted by Gasteiger charge is -2.08. The maximum atomic E-state index is 11.9. The summed E-state index contributed by atoms with van der Waals surface area (Å²) in [6.45, 7) is 5.08. The van der Waals surface area contributed by atoms with Gasteiger partial charge in [-0.2, -0.15) is 0 Å². The number of hydrogen-bond donors (Lipinski definition) is 1. The van der Waals surface area contributed by atoms with Gasteiger partial charge in [0.1, 0.15) is 12.2 Å². The minimum Gasteiger partial charge on any atom is -0.355 e. The third kappa shape index (κ3) is 3.23. The van der Waals surface area contributed by atoms with Crippen molar-refractivity contribution < 1.29 is 9.59 Å². The van der Waals surface area contributed by atoms with Gasteiger partial charge in [-0.3, -0.25) is 9.59 Å². The molecule has 1 N–H and O–H groups in total. The van der Waals surface area contributed by atoms with Crippen molar-refractivity contribution in [3.8, 4) is 0 Å². The molecule has 0 aliphatic carbocycles. The first kappa shape index (κ1) is 14.2. The first-order valence-corrected chi connectivity index (χ1v) is 6.77. The molecule has 0 saturated heterocycles. The fraction of sp³-hybridized carbons (Fsp3) is 0.400. The summed E-state index contributed by atoms with van der Waals surface area (Å²) in [5, 5.41) is 3.65. The van der Waals surface area contributed by atoms with E-state index in [9.17, 15) is 9.59 Å². The Labute approximate surface area is 118 Å². The average molecular weight is 273 g/mol.